The number of carbonyl (C=O) groups excluding carboxylic acids is 2. The van der Waals surface area contributed by atoms with Crippen molar-refractivity contribution in [2.75, 3.05) is 64.0 Å². The Morgan fingerprint density at radius 3 is 2.52 bits per heavy atom. The summed E-state index contributed by atoms with van der Waals surface area (Å²) in [6, 6.07) is 23.6. The van der Waals surface area contributed by atoms with E-state index in [0.717, 1.165) is 71.2 Å². The summed E-state index contributed by atoms with van der Waals surface area (Å²) in [5, 5.41) is 37.1. The van der Waals surface area contributed by atoms with Gasteiger partial charge in [0.05, 0.1) is 52.0 Å². The maximum Gasteiger partial charge on any atom is 0.319 e. The van der Waals surface area contributed by atoms with Crippen molar-refractivity contribution in [2.45, 2.75) is 103 Å². The number of rotatable bonds is 20. The van der Waals surface area contributed by atoms with Gasteiger partial charge in [0.2, 0.25) is 5.91 Å². The van der Waals surface area contributed by atoms with Crippen LogP contribution >= 0.6 is 22.9 Å². The molecule has 0 radical (unpaired) electrons. The molecule has 0 saturated carbocycles. The average Bonchev–Trinajstić information content (AvgIpc) is 4.36. The van der Waals surface area contributed by atoms with Gasteiger partial charge in [0.15, 0.2) is 17.4 Å². The van der Waals surface area contributed by atoms with Crippen LogP contribution in [0.2, 0.25) is 5.02 Å². The number of aryl methyl sites for hydroxylation is 1. The molecule has 0 unspecified atom stereocenters. The number of amides is 1. The third-order valence-electron chi connectivity index (χ3n) is 15.7. The topological polar surface area (TPSA) is 200 Å². The maximum absolute atomic E-state index is 17.1. The second-order valence-corrected chi connectivity index (χ2v) is 22.8. The van der Waals surface area contributed by atoms with E-state index in [1.54, 1.807) is 29.5 Å². The van der Waals surface area contributed by atoms with E-state index in [0.29, 0.717) is 55.2 Å². The standard InChI is InChI=1S/C60H66ClFN8O8S/c1-35(2)53(59(74)70-33-43(72)29-49(70)50(73)26-36(3)39-11-13-40(14-12-39)57-37(4)64-34-79-57)51-31-52(67-78-51)76-25-24-75-44-16-20-68(21-17-44)22-23-77-60-65-56-47(58(66-60)69-19-7-8-38(32-69)15-18-63)30-48(61)54(55(56)62)46-28-42(71)27-41-9-5-6-10-45(41)46/h5-6,9-14,27-28,30-31,34-36,38,43-44,49,53,71-72H,7-8,15-17,19-26,29,32-33H2,1-4H3/t36-,38+,43-,49+,53-/m1/s1. The zero-order valence-corrected chi connectivity index (χ0v) is 46.5. The van der Waals surface area contributed by atoms with Crippen LogP contribution in [0.25, 0.3) is 43.2 Å². The van der Waals surface area contributed by atoms with Gasteiger partial charge >= 0.3 is 6.01 Å². The fourth-order valence-corrected chi connectivity index (χ4v) is 12.7. The summed E-state index contributed by atoms with van der Waals surface area (Å²) in [4.78, 5) is 49.0. The molecular formula is C60H66ClFN8O8S. The number of halogens is 2. The SMILES string of the molecule is Cc1ncsc1-c1ccc([C@H](C)CC(=O)[C@@H]2C[C@@H](O)CN2C(=O)[C@@H](c2cc(OCCOC3CCN(CCOc4nc(N5CCC[C@@H](CC#N)C5)c5cc(Cl)c(-c6cc(O)cc7ccccc67)c(F)c5n4)CC3)no2)C(C)C)cc1. The highest BCUT2D eigenvalue weighted by Gasteiger charge is 2.43. The van der Waals surface area contributed by atoms with E-state index in [9.17, 15) is 25.1 Å². The molecule has 0 bridgehead atoms. The van der Waals surface area contributed by atoms with Crippen molar-refractivity contribution in [1.82, 2.24) is 29.9 Å². The van der Waals surface area contributed by atoms with Gasteiger partial charge in [-0.15, -0.1) is 11.3 Å². The van der Waals surface area contributed by atoms with Crippen LogP contribution in [0.1, 0.15) is 94.6 Å². The highest BCUT2D eigenvalue weighted by atomic mass is 35.5. The molecule has 19 heteroatoms. The largest absolute Gasteiger partial charge is 0.508 e. The number of β-amino-alcohol motifs (C(OH)–C–C–N with tert-alkyl or cyclic N) is 1. The number of Topliss-reactive ketones (excluding diaryl/α,β-unsaturated/α-hetero) is 1. The van der Waals surface area contributed by atoms with Crippen molar-refractivity contribution in [3.05, 3.63) is 106 Å². The molecule has 2 N–H and O–H groups in total. The first-order valence-electron chi connectivity index (χ1n) is 27.3. The van der Waals surface area contributed by atoms with Gasteiger partial charge in [-0.2, -0.15) is 15.2 Å². The van der Waals surface area contributed by atoms with E-state index in [1.165, 1.54) is 11.0 Å². The fourth-order valence-electron chi connectivity index (χ4n) is 11.6. The number of nitrogens with zero attached hydrogens (tertiary/aromatic N) is 8. The maximum atomic E-state index is 17.1. The number of piperidine rings is 2. The van der Waals surface area contributed by atoms with Crippen LogP contribution in [0.4, 0.5) is 10.2 Å². The van der Waals surface area contributed by atoms with Gasteiger partial charge in [-0.3, -0.25) is 14.5 Å². The van der Waals surface area contributed by atoms with E-state index in [2.05, 4.69) is 43.1 Å². The number of anilines is 1. The molecule has 79 heavy (non-hydrogen) atoms. The van der Waals surface area contributed by atoms with Crippen LogP contribution in [0, 0.1) is 35.9 Å². The zero-order chi connectivity index (χ0) is 55.3. The number of hydrogen-bond donors (Lipinski definition) is 2. The third-order valence-corrected chi connectivity index (χ3v) is 17.0. The molecule has 3 fully saturated rings. The van der Waals surface area contributed by atoms with Crippen molar-refractivity contribution in [3.63, 3.8) is 0 Å². The van der Waals surface area contributed by atoms with Gasteiger partial charge in [-0.05, 0) is 101 Å². The van der Waals surface area contributed by atoms with Crippen molar-refractivity contribution in [2.24, 2.45) is 11.8 Å². The summed E-state index contributed by atoms with van der Waals surface area (Å²) in [6.45, 7) is 12.0. The number of ether oxygens (including phenoxy) is 3. The number of aromatic nitrogens is 4. The van der Waals surface area contributed by atoms with Crippen molar-refractivity contribution < 1.29 is 42.9 Å². The Hall–Kier alpha value is -6.75. The quantitative estimate of drug-likeness (QED) is 0.0682. The van der Waals surface area contributed by atoms with Gasteiger partial charge in [-0.1, -0.05) is 80.9 Å². The predicted octanol–water partition coefficient (Wildman–Crippen LogP) is 10.9. The molecule has 6 heterocycles. The average molecular weight is 1110 g/mol. The monoisotopic (exact) mass is 1110 g/mol. The minimum absolute atomic E-state index is 0.0125. The van der Waals surface area contributed by atoms with Crippen LogP contribution in [0.15, 0.2) is 82.8 Å². The summed E-state index contributed by atoms with van der Waals surface area (Å²) in [5.41, 5.74) is 5.54. The fraction of sp³-hybridized carbons (Fsp3) is 0.450. The van der Waals surface area contributed by atoms with Crippen molar-refractivity contribution in [1.29, 1.82) is 5.26 Å². The van der Waals surface area contributed by atoms with Crippen LogP contribution in [0.3, 0.4) is 0 Å². The number of fused-ring (bicyclic) bond motifs is 2. The first-order chi connectivity index (χ1) is 38.2. The minimum atomic E-state index is -0.815. The Labute approximate surface area is 468 Å². The number of benzene rings is 4. The van der Waals surface area contributed by atoms with Crippen LogP contribution in [0.5, 0.6) is 17.6 Å². The number of phenolic OH excluding ortho intramolecular Hbond substituents is 1. The predicted molar refractivity (Wildman–Crippen MR) is 301 cm³/mol. The molecule has 7 aromatic rings. The number of carbonyl (C=O) groups is 2. The summed E-state index contributed by atoms with van der Waals surface area (Å²) in [7, 11) is 0. The summed E-state index contributed by atoms with van der Waals surface area (Å²) < 4.78 is 41.2. The third kappa shape index (κ3) is 12.5. The van der Waals surface area contributed by atoms with Crippen molar-refractivity contribution in [3.8, 4) is 45.3 Å². The molecule has 10 rings (SSSR count). The summed E-state index contributed by atoms with van der Waals surface area (Å²) in [6.07, 6.45) is 3.35. The van der Waals surface area contributed by atoms with Crippen molar-refractivity contribution >= 4 is 62.1 Å². The molecule has 5 atom stereocenters. The molecule has 3 aliphatic rings. The van der Waals surface area contributed by atoms with Crippen LogP contribution in [-0.2, 0) is 14.3 Å². The molecular weight excluding hydrogens is 1050 g/mol. The smallest absolute Gasteiger partial charge is 0.319 e. The normalized spacial score (nSPS) is 19.1. The van der Waals surface area contributed by atoms with Gasteiger partial charge in [0.1, 0.15) is 36.2 Å². The van der Waals surface area contributed by atoms with Gasteiger partial charge < -0.3 is 38.7 Å². The molecule has 0 spiro atoms. The number of aromatic hydroxyl groups is 1. The Morgan fingerprint density at radius 2 is 1.76 bits per heavy atom. The molecule has 3 aromatic heterocycles. The number of hydrogen-bond acceptors (Lipinski definition) is 16. The second-order valence-electron chi connectivity index (χ2n) is 21.6. The number of nitriles is 1. The molecule has 4 aromatic carbocycles. The van der Waals surface area contributed by atoms with E-state index in [-0.39, 0.29) is 102 Å². The lowest BCUT2D eigenvalue weighted by molar-refractivity contribution is -0.140. The lowest BCUT2D eigenvalue weighted by Crippen LogP contribution is -2.44. The van der Waals surface area contributed by atoms with Gasteiger partial charge in [-0.25, -0.2) is 9.37 Å². The van der Waals surface area contributed by atoms with Gasteiger partial charge in [0, 0.05) is 75.5 Å². The Balaban J connectivity index is 0.711. The molecule has 3 saturated heterocycles. The number of aliphatic hydroxyl groups is 1. The Kier molecular flexibility index (Phi) is 17.4. The first-order valence-corrected chi connectivity index (χ1v) is 28.6. The van der Waals surface area contributed by atoms with Crippen LogP contribution < -0.4 is 14.4 Å². The highest BCUT2D eigenvalue weighted by molar-refractivity contribution is 7.13. The van der Waals surface area contributed by atoms with Crippen LogP contribution in [-0.4, -0.2) is 129 Å². The first kappa shape index (κ1) is 55.6. The number of ketones is 1. The number of thiazole rings is 1. The second kappa shape index (κ2) is 24.7. The van der Waals surface area contributed by atoms with Gasteiger partial charge in [0.25, 0.3) is 5.88 Å². The number of likely N-dealkylation sites (tertiary alicyclic amines) is 2. The minimum Gasteiger partial charge on any atom is -0.508 e. The van der Waals surface area contributed by atoms with E-state index in [4.69, 9.17) is 35.3 Å². The number of phenols is 1. The molecule has 0 aliphatic carbocycles. The molecule has 1 amide bonds. The number of aliphatic hydroxyl groups excluding tert-OH is 1. The summed E-state index contributed by atoms with van der Waals surface area (Å²) >= 11 is 8.53. The molecule has 16 nitrogen and oxygen atoms in total. The molecule has 414 valence electrons. The van der Waals surface area contributed by atoms with E-state index < -0.39 is 23.9 Å². The molecule has 3 aliphatic heterocycles. The highest BCUT2D eigenvalue weighted by Crippen LogP contribution is 2.43. The van der Waals surface area contributed by atoms with E-state index in [1.807, 2.05) is 69.6 Å². The lowest BCUT2D eigenvalue weighted by atomic mass is 9.89. The lowest BCUT2D eigenvalue weighted by Gasteiger charge is -2.33. The summed E-state index contributed by atoms with van der Waals surface area (Å²) in [5.74, 6) is -0.885. The zero-order valence-electron chi connectivity index (χ0n) is 44.9. The van der Waals surface area contributed by atoms with E-state index >= 15 is 4.39 Å². The Bertz CT molecular complexity index is 3340. The Morgan fingerprint density at radius 1 is 0.962 bits per heavy atom.